The van der Waals surface area contributed by atoms with Crippen molar-refractivity contribution in [1.82, 2.24) is 5.32 Å². The monoisotopic (exact) mass is 311 g/mol. The maximum atomic E-state index is 11.2. The minimum absolute atomic E-state index is 0.00875. The quantitative estimate of drug-likeness (QED) is 0.900. The third-order valence-electron chi connectivity index (χ3n) is 1.98. The topological polar surface area (TPSA) is 46.2 Å². The molecule has 0 aliphatic heterocycles. The Bertz CT molecular complexity index is 414. The molecular weight excluding hydrogens is 298 g/mol. The van der Waals surface area contributed by atoms with Crippen molar-refractivity contribution in [3.8, 4) is 0 Å². The second kappa shape index (κ2) is 5.43. The lowest BCUT2D eigenvalue weighted by Crippen LogP contribution is -2.34. The zero-order chi connectivity index (χ0) is 11.5. The van der Waals surface area contributed by atoms with Gasteiger partial charge in [-0.3, -0.25) is 0 Å². The van der Waals surface area contributed by atoms with Crippen molar-refractivity contribution in [2.75, 3.05) is 19.1 Å². The van der Waals surface area contributed by atoms with Crippen molar-refractivity contribution in [2.24, 2.45) is 0 Å². The Morgan fingerprint density at radius 1 is 1.60 bits per heavy atom. The molecule has 0 amide bonds. The van der Waals surface area contributed by atoms with Crippen molar-refractivity contribution >= 4 is 37.1 Å². The van der Waals surface area contributed by atoms with Crippen LogP contribution in [0.2, 0.25) is 0 Å². The highest BCUT2D eigenvalue weighted by Gasteiger charge is 2.14. The molecule has 15 heavy (non-hydrogen) atoms. The van der Waals surface area contributed by atoms with Gasteiger partial charge in [0.05, 0.1) is 5.75 Å². The summed E-state index contributed by atoms with van der Waals surface area (Å²) in [6.45, 7) is 0. The summed E-state index contributed by atoms with van der Waals surface area (Å²) in [5, 5.41) is 5.03. The molecule has 86 valence electrons. The van der Waals surface area contributed by atoms with Crippen LogP contribution in [0.15, 0.2) is 15.9 Å². The smallest absolute Gasteiger partial charge is 0.148 e. The molecule has 1 atom stereocenters. The molecular formula is C9H14BrNO2S2. The van der Waals surface area contributed by atoms with Gasteiger partial charge in [0.2, 0.25) is 0 Å². The van der Waals surface area contributed by atoms with Gasteiger partial charge in [-0.05, 0) is 35.5 Å². The van der Waals surface area contributed by atoms with E-state index in [9.17, 15) is 8.42 Å². The fraction of sp³-hybridized carbons (Fsp3) is 0.556. The molecule has 1 heterocycles. The van der Waals surface area contributed by atoms with Crippen molar-refractivity contribution < 1.29 is 8.42 Å². The SMILES string of the molecule is CNC(Cc1cc(Br)cs1)CS(C)(=O)=O. The van der Waals surface area contributed by atoms with E-state index in [-0.39, 0.29) is 11.8 Å². The summed E-state index contributed by atoms with van der Waals surface area (Å²) < 4.78 is 23.4. The van der Waals surface area contributed by atoms with Crippen molar-refractivity contribution in [1.29, 1.82) is 0 Å². The Hall–Kier alpha value is 0.0900. The lowest BCUT2D eigenvalue weighted by Gasteiger charge is -2.13. The van der Waals surface area contributed by atoms with Gasteiger partial charge in [0, 0.05) is 27.0 Å². The van der Waals surface area contributed by atoms with Gasteiger partial charge in [0.15, 0.2) is 0 Å². The number of rotatable bonds is 5. The Balaban J connectivity index is 2.62. The number of hydrogen-bond acceptors (Lipinski definition) is 4. The molecule has 0 fully saturated rings. The summed E-state index contributed by atoms with van der Waals surface area (Å²) in [6.07, 6.45) is 2.02. The van der Waals surface area contributed by atoms with Crippen molar-refractivity contribution in [3.05, 3.63) is 20.8 Å². The third-order valence-corrected chi connectivity index (χ3v) is 4.71. The summed E-state index contributed by atoms with van der Waals surface area (Å²) >= 11 is 5.01. The summed E-state index contributed by atoms with van der Waals surface area (Å²) in [4.78, 5) is 1.19. The first-order valence-corrected chi connectivity index (χ1v) is 8.22. The van der Waals surface area contributed by atoms with E-state index in [4.69, 9.17) is 0 Å². The third kappa shape index (κ3) is 5.10. The van der Waals surface area contributed by atoms with Gasteiger partial charge in [-0.25, -0.2) is 8.42 Å². The highest BCUT2D eigenvalue weighted by atomic mass is 79.9. The predicted molar refractivity (Wildman–Crippen MR) is 68.3 cm³/mol. The van der Waals surface area contributed by atoms with Crippen LogP contribution < -0.4 is 5.32 Å². The molecule has 1 aromatic rings. The van der Waals surface area contributed by atoms with Gasteiger partial charge < -0.3 is 5.32 Å². The van der Waals surface area contributed by atoms with Crippen LogP contribution in [0.5, 0.6) is 0 Å². The van der Waals surface area contributed by atoms with Gasteiger partial charge in [-0.15, -0.1) is 11.3 Å². The molecule has 1 N–H and O–H groups in total. The molecule has 0 saturated carbocycles. The Kier molecular flexibility index (Phi) is 4.76. The summed E-state index contributed by atoms with van der Waals surface area (Å²) in [5.74, 6) is 0.180. The minimum Gasteiger partial charge on any atom is -0.316 e. The highest BCUT2D eigenvalue weighted by Crippen LogP contribution is 2.21. The van der Waals surface area contributed by atoms with Crippen LogP contribution in [0.1, 0.15) is 4.88 Å². The van der Waals surface area contributed by atoms with Gasteiger partial charge in [-0.2, -0.15) is 0 Å². The zero-order valence-electron chi connectivity index (χ0n) is 8.66. The van der Waals surface area contributed by atoms with Crippen LogP contribution in [0, 0.1) is 0 Å². The lowest BCUT2D eigenvalue weighted by atomic mass is 10.2. The van der Waals surface area contributed by atoms with E-state index >= 15 is 0 Å². The van der Waals surface area contributed by atoms with E-state index in [2.05, 4.69) is 21.2 Å². The van der Waals surface area contributed by atoms with Crippen LogP contribution in [-0.4, -0.2) is 33.5 Å². The van der Waals surface area contributed by atoms with E-state index in [0.29, 0.717) is 0 Å². The largest absolute Gasteiger partial charge is 0.316 e. The molecule has 1 unspecified atom stereocenters. The number of hydrogen-bond donors (Lipinski definition) is 1. The maximum absolute atomic E-state index is 11.2. The van der Waals surface area contributed by atoms with Gasteiger partial charge in [0.25, 0.3) is 0 Å². The molecule has 3 nitrogen and oxygen atoms in total. The number of likely N-dealkylation sites (N-methyl/N-ethyl adjacent to an activating group) is 1. The van der Waals surface area contributed by atoms with Crippen LogP contribution in [0.25, 0.3) is 0 Å². The molecule has 0 aliphatic carbocycles. The van der Waals surface area contributed by atoms with Gasteiger partial charge in [-0.1, -0.05) is 0 Å². The first-order valence-electron chi connectivity index (χ1n) is 4.48. The Morgan fingerprint density at radius 3 is 2.67 bits per heavy atom. The molecule has 1 aromatic heterocycles. The van der Waals surface area contributed by atoms with Crippen LogP contribution >= 0.6 is 27.3 Å². The lowest BCUT2D eigenvalue weighted by molar-refractivity contribution is 0.568. The number of halogens is 1. The number of thiophene rings is 1. The maximum Gasteiger partial charge on any atom is 0.148 e. The minimum atomic E-state index is -2.92. The number of sulfone groups is 1. The van der Waals surface area contributed by atoms with Crippen molar-refractivity contribution in [3.63, 3.8) is 0 Å². The zero-order valence-corrected chi connectivity index (χ0v) is 11.9. The molecule has 0 radical (unpaired) electrons. The van der Waals surface area contributed by atoms with Crippen LogP contribution in [0.4, 0.5) is 0 Å². The van der Waals surface area contributed by atoms with E-state index in [0.717, 1.165) is 10.9 Å². The highest BCUT2D eigenvalue weighted by molar-refractivity contribution is 9.10. The van der Waals surface area contributed by atoms with E-state index in [1.54, 1.807) is 18.4 Å². The molecule has 0 aromatic carbocycles. The first kappa shape index (κ1) is 13.2. The number of nitrogens with one attached hydrogen (secondary N) is 1. The van der Waals surface area contributed by atoms with E-state index in [1.165, 1.54) is 11.1 Å². The fourth-order valence-corrected chi connectivity index (χ4v) is 3.86. The second-order valence-corrected chi connectivity index (χ2v) is 7.61. The molecule has 0 aliphatic rings. The summed E-state index contributed by atoms with van der Waals surface area (Å²) in [6, 6.07) is 2.02. The van der Waals surface area contributed by atoms with E-state index in [1.807, 2.05) is 11.4 Å². The average molecular weight is 312 g/mol. The van der Waals surface area contributed by atoms with Crippen molar-refractivity contribution in [2.45, 2.75) is 12.5 Å². The average Bonchev–Trinajstić information content (AvgIpc) is 2.47. The normalized spacial score (nSPS) is 14.1. The molecule has 0 saturated heterocycles. The molecule has 0 bridgehead atoms. The molecule has 6 heteroatoms. The van der Waals surface area contributed by atoms with Gasteiger partial charge >= 0.3 is 0 Å². The van der Waals surface area contributed by atoms with Crippen LogP contribution in [-0.2, 0) is 16.3 Å². The predicted octanol–water partition coefficient (Wildman–Crippen LogP) is 1.69. The van der Waals surface area contributed by atoms with Gasteiger partial charge in [0.1, 0.15) is 9.84 Å². The van der Waals surface area contributed by atoms with E-state index < -0.39 is 9.84 Å². The van der Waals surface area contributed by atoms with Crippen LogP contribution in [0.3, 0.4) is 0 Å². The Labute approximate surface area is 103 Å². The summed E-state index contributed by atoms with van der Waals surface area (Å²) in [7, 11) is -1.13. The second-order valence-electron chi connectivity index (χ2n) is 3.51. The Morgan fingerprint density at radius 2 is 2.27 bits per heavy atom. The fourth-order valence-electron chi connectivity index (χ4n) is 1.31. The first-order chi connectivity index (χ1) is 6.90. The molecule has 1 rings (SSSR count). The molecule has 0 spiro atoms. The summed E-state index contributed by atoms with van der Waals surface area (Å²) in [5.41, 5.74) is 0. The standard InChI is InChI=1S/C9H14BrNO2S2/c1-11-8(6-15(2,12)13)4-9-3-7(10)5-14-9/h3,5,8,11H,4,6H2,1-2H3.